The van der Waals surface area contributed by atoms with E-state index in [9.17, 15) is 28.1 Å². The van der Waals surface area contributed by atoms with Gasteiger partial charge in [0.1, 0.15) is 15.8 Å². The van der Waals surface area contributed by atoms with E-state index in [0.717, 1.165) is 12.8 Å². The van der Waals surface area contributed by atoms with Gasteiger partial charge in [-0.3, -0.25) is 9.59 Å². The van der Waals surface area contributed by atoms with Crippen molar-refractivity contribution in [3.63, 3.8) is 0 Å². The number of nitrogens with zero attached hydrogens (tertiary/aromatic N) is 2. The molecule has 0 aromatic heterocycles. The molecule has 0 heterocycles. The van der Waals surface area contributed by atoms with E-state index in [1.807, 2.05) is 13.0 Å². The van der Waals surface area contributed by atoms with E-state index in [0.29, 0.717) is 17.7 Å². The van der Waals surface area contributed by atoms with Crippen LogP contribution in [0.25, 0.3) is 4.72 Å². The van der Waals surface area contributed by atoms with Gasteiger partial charge in [-0.15, -0.1) is 0 Å². The summed E-state index contributed by atoms with van der Waals surface area (Å²) in [6, 6.07) is 14.4. The third-order valence-electron chi connectivity index (χ3n) is 5.82. The first-order chi connectivity index (χ1) is 19.4. The third-order valence-corrected chi connectivity index (χ3v) is 7.57. The molecule has 0 radical (unpaired) electrons. The van der Waals surface area contributed by atoms with Crippen molar-refractivity contribution >= 4 is 56.5 Å². The zero-order valence-electron chi connectivity index (χ0n) is 23.2. The quantitative estimate of drug-likeness (QED) is 0.181. The number of ketones is 1. The largest absolute Gasteiger partial charge is 1.00 e. The number of aryl methyl sites for hydroxylation is 1. The number of nitriles is 1. The molecule has 0 aliphatic heterocycles. The van der Waals surface area contributed by atoms with Gasteiger partial charge in [0.2, 0.25) is 0 Å². The van der Waals surface area contributed by atoms with E-state index in [4.69, 9.17) is 27.9 Å². The molecule has 0 fully saturated rings. The summed E-state index contributed by atoms with van der Waals surface area (Å²) in [5.74, 6) is -1.71. The minimum atomic E-state index is -4.19. The first-order valence-corrected chi connectivity index (χ1v) is 14.7. The Labute approximate surface area is 276 Å². The Kier molecular flexibility index (Phi) is 13.5. The second-order valence-corrected chi connectivity index (χ2v) is 11.5. The number of rotatable bonds is 12. The van der Waals surface area contributed by atoms with Crippen LogP contribution in [0.15, 0.2) is 59.5 Å². The van der Waals surface area contributed by atoms with E-state index in [1.54, 1.807) is 6.92 Å². The van der Waals surface area contributed by atoms with Crippen LogP contribution in [-0.4, -0.2) is 32.6 Å². The molecule has 1 N–H and O–H groups in total. The Morgan fingerprint density at radius 1 is 1.00 bits per heavy atom. The van der Waals surface area contributed by atoms with Crippen molar-refractivity contribution in [2.45, 2.75) is 44.4 Å². The molecule has 0 aliphatic rings. The van der Waals surface area contributed by atoms with Crippen LogP contribution in [0.5, 0.6) is 5.75 Å². The Morgan fingerprint density at radius 2 is 1.74 bits per heavy atom. The van der Waals surface area contributed by atoms with E-state index in [-0.39, 0.29) is 73.4 Å². The Balaban J connectivity index is 0.00000616. The van der Waals surface area contributed by atoms with Crippen molar-refractivity contribution in [1.29, 1.82) is 5.26 Å². The monoisotopic (exact) mass is 637 g/mol. The van der Waals surface area contributed by atoms with Crippen LogP contribution < -0.4 is 39.6 Å². The van der Waals surface area contributed by atoms with Gasteiger partial charge in [0, 0.05) is 21.3 Å². The van der Waals surface area contributed by atoms with Crippen LogP contribution in [0.4, 0.5) is 5.69 Å². The summed E-state index contributed by atoms with van der Waals surface area (Å²) in [6.07, 6.45) is 2.32. The van der Waals surface area contributed by atoms with Crippen molar-refractivity contribution in [2.24, 2.45) is 0 Å². The van der Waals surface area contributed by atoms with Gasteiger partial charge < -0.3 is 19.6 Å². The van der Waals surface area contributed by atoms with Gasteiger partial charge >= 0.3 is 29.6 Å². The van der Waals surface area contributed by atoms with Gasteiger partial charge in [0.25, 0.3) is 5.91 Å². The molecule has 0 atom stereocenters. The van der Waals surface area contributed by atoms with Crippen molar-refractivity contribution in [3.05, 3.63) is 91.6 Å². The number of ether oxygens (including phenoxy) is 1. The minimum Gasteiger partial charge on any atom is -0.542 e. The predicted molar refractivity (Wildman–Crippen MR) is 156 cm³/mol. The number of halogens is 2. The smallest absolute Gasteiger partial charge is 0.542 e. The molecule has 3 aromatic rings. The maximum absolute atomic E-state index is 13.2. The zero-order valence-corrected chi connectivity index (χ0v) is 27.6. The fourth-order valence-electron chi connectivity index (χ4n) is 3.77. The number of hydrogen-bond donors (Lipinski definition) is 1. The predicted octanol–water partition coefficient (Wildman–Crippen LogP) is 3.60. The van der Waals surface area contributed by atoms with Crippen molar-refractivity contribution in [3.8, 4) is 11.8 Å². The molecular weight excluding hydrogens is 612 g/mol. The third kappa shape index (κ3) is 9.83. The zero-order chi connectivity index (χ0) is 30.2. The molecule has 0 spiro atoms. The van der Waals surface area contributed by atoms with Crippen molar-refractivity contribution in [2.75, 3.05) is 11.9 Å². The summed E-state index contributed by atoms with van der Waals surface area (Å²) in [6.45, 7) is 3.08. The Morgan fingerprint density at radius 3 is 2.40 bits per heavy atom. The van der Waals surface area contributed by atoms with Crippen molar-refractivity contribution < 1.29 is 57.1 Å². The van der Waals surface area contributed by atoms with E-state index < -0.39 is 34.2 Å². The molecule has 3 rings (SSSR count). The van der Waals surface area contributed by atoms with E-state index in [2.05, 4.69) is 10.0 Å². The number of amides is 2. The van der Waals surface area contributed by atoms with Crippen LogP contribution >= 0.6 is 23.2 Å². The molecule has 214 valence electrons. The number of sulfonamides is 1. The maximum atomic E-state index is 13.2. The number of carbonyl (C=O) groups is 3. The standard InChI is InChI=1S/C29H27Cl2N3O6S.Na/c1-3-4-5-6-27(35)34-41(38,39)23-8-9-25(18(2)11-23)33-28(36)17-40-26-10-7-21(30)15-24(26)29(37)20-12-19(16-32)13-22(31)14-20;/h7-15H,3-6,17H2,1-2H3,(H2,33,34,35,36);/q;+1/p-1. The number of nitrogens with one attached hydrogen (secondary N) is 1. The van der Waals surface area contributed by atoms with E-state index >= 15 is 0 Å². The molecular formula is C29H26Cl2N3NaO6S. The summed E-state index contributed by atoms with van der Waals surface area (Å²) < 4.78 is 34.1. The van der Waals surface area contributed by atoms with Crippen LogP contribution in [0.3, 0.4) is 0 Å². The molecule has 2 amide bonds. The number of carbonyl (C=O) groups excluding carboxylic acids is 3. The van der Waals surface area contributed by atoms with Crippen LogP contribution in [0.1, 0.15) is 59.7 Å². The second-order valence-electron chi connectivity index (χ2n) is 9.04. The number of hydrogen-bond acceptors (Lipinski definition) is 7. The SMILES string of the molecule is CCCCCC(=O)[N-]S(=O)(=O)c1ccc(NC(=O)COc2ccc(Cl)cc2C(=O)c2cc(Cl)cc(C#N)c2)c(C)c1.[Na+]. The van der Waals surface area contributed by atoms with Gasteiger partial charge in [0.15, 0.2) is 12.4 Å². The Bertz CT molecular complexity index is 1640. The van der Waals surface area contributed by atoms with Gasteiger partial charge in [-0.2, -0.15) is 5.26 Å². The average Bonchev–Trinajstić information content (AvgIpc) is 2.92. The number of benzene rings is 3. The van der Waals surface area contributed by atoms with Gasteiger partial charge in [-0.05, 0) is 79.9 Å². The summed E-state index contributed by atoms with van der Waals surface area (Å²) in [5, 5.41) is 12.3. The Hall–Kier alpha value is -2.91. The van der Waals surface area contributed by atoms with Gasteiger partial charge in [0.05, 0.1) is 28.0 Å². The van der Waals surface area contributed by atoms with Crippen LogP contribution in [0.2, 0.25) is 10.0 Å². The van der Waals surface area contributed by atoms with Gasteiger partial charge in [-0.25, -0.2) is 8.42 Å². The maximum Gasteiger partial charge on any atom is 1.00 e. The molecule has 13 heteroatoms. The van der Waals surface area contributed by atoms with Crippen LogP contribution in [0, 0.1) is 18.3 Å². The number of anilines is 1. The molecule has 42 heavy (non-hydrogen) atoms. The fraction of sp³-hybridized carbons (Fsp3) is 0.241. The molecule has 0 bridgehead atoms. The topological polar surface area (TPSA) is 144 Å². The minimum absolute atomic E-state index is 0. The molecule has 0 unspecified atom stereocenters. The summed E-state index contributed by atoms with van der Waals surface area (Å²) >= 11 is 12.1. The molecule has 0 saturated heterocycles. The molecule has 0 saturated carbocycles. The van der Waals surface area contributed by atoms with Crippen LogP contribution in [-0.2, 0) is 19.6 Å². The fourth-order valence-corrected chi connectivity index (χ4v) is 5.21. The second kappa shape index (κ2) is 16.1. The van der Waals surface area contributed by atoms with E-state index in [1.165, 1.54) is 54.6 Å². The molecule has 0 aliphatic carbocycles. The number of unbranched alkanes of at least 4 members (excludes halogenated alkanes) is 2. The van der Waals surface area contributed by atoms with Gasteiger partial charge in [-0.1, -0.05) is 43.0 Å². The first-order valence-electron chi connectivity index (χ1n) is 12.5. The summed E-state index contributed by atoms with van der Waals surface area (Å²) in [7, 11) is -4.19. The molecule has 9 nitrogen and oxygen atoms in total. The normalized spacial score (nSPS) is 10.6. The first kappa shape index (κ1) is 35.3. The summed E-state index contributed by atoms with van der Waals surface area (Å²) in [4.78, 5) is 37.6. The average molecular weight is 639 g/mol. The molecule has 3 aromatic carbocycles. The van der Waals surface area contributed by atoms with Crippen molar-refractivity contribution in [1.82, 2.24) is 0 Å². The summed E-state index contributed by atoms with van der Waals surface area (Å²) in [5.41, 5.74) is 1.15.